The molecule has 1 aromatic carbocycles. The van der Waals surface area contributed by atoms with E-state index < -0.39 is 17.6 Å². The molecule has 3 N–H and O–H groups in total. The van der Waals surface area contributed by atoms with Gasteiger partial charge in [-0.1, -0.05) is 24.3 Å². The average molecular weight is 260 g/mol. The third-order valence-electron chi connectivity index (χ3n) is 3.99. The van der Waals surface area contributed by atoms with E-state index in [1.807, 2.05) is 12.1 Å². The fourth-order valence-electron chi connectivity index (χ4n) is 2.69. The molecule has 1 unspecified atom stereocenters. The maximum atomic E-state index is 12.3. The zero-order valence-electron chi connectivity index (χ0n) is 10.5. The highest BCUT2D eigenvalue weighted by Gasteiger charge is 2.51. The summed E-state index contributed by atoms with van der Waals surface area (Å²) < 4.78 is 0. The van der Waals surface area contributed by atoms with Crippen LogP contribution in [-0.4, -0.2) is 34.0 Å². The van der Waals surface area contributed by atoms with Gasteiger partial charge >= 0.3 is 5.97 Å². The minimum atomic E-state index is -0.996. The second kappa shape index (κ2) is 4.06. The highest BCUT2D eigenvalue weighted by atomic mass is 16.4. The lowest BCUT2D eigenvalue weighted by Gasteiger charge is -2.36. The van der Waals surface area contributed by atoms with E-state index in [4.69, 9.17) is 5.73 Å². The number of hydrogen-bond acceptors (Lipinski definition) is 3. The molecule has 5 nitrogen and oxygen atoms in total. The van der Waals surface area contributed by atoms with Crippen molar-refractivity contribution < 1.29 is 14.7 Å². The Balaban J connectivity index is 1.99. The van der Waals surface area contributed by atoms with Crippen LogP contribution in [0, 0.1) is 0 Å². The summed E-state index contributed by atoms with van der Waals surface area (Å²) in [4.78, 5) is 25.3. The van der Waals surface area contributed by atoms with Crippen molar-refractivity contribution in [2.45, 2.75) is 30.8 Å². The van der Waals surface area contributed by atoms with Gasteiger partial charge in [-0.25, -0.2) is 4.79 Å². The fraction of sp³-hybridized carbons (Fsp3) is 0.429. The molecule has 5 heteroatoms. The molecule has 1 aromatic rings. The topological polar surface area (TPSA) is 83.6 Å². The van der Waals surface area contributed by atoms with Gasteiger partial charge in [-0.2, -0.15) is 0 Å². The number of nitrogens with zero attached hydrogens (tertiary/aromatic N) is 1. The number of fused-ring (bicyclic) bond motifs is 1. The summed E-state index contributed by atoms with van der Waals surface area (Å²) in [5.41, 5.74) is 6.81. The zero-order valence-corrected chi connectivity index (χ0v) is 10.5. The van der Waals surface area contributed by atoms with Crippen molar-refractivity contribution in [3.05, 3.63) is 35.4 Å². The Morgan fingerprint density at radius 3 is 2.63 bits per heavy atom. The second-order valence-corrected chi connectivity index (χ2v) is 5.34. The lowest BCUT2D eigenvalue weighted by molar-refractivity contribution is -0.152. The molecule has 1 fully saturated rings. The predicted molar refractivity (Wildman–Crippen MR) is 68.4 cm³/mol. The Morgan fingerprint density at radius 2 is 2.00 bits per heavy atom. The number of carboxylic acid groups (broad SMARTS) is 1. The molecule has 0 saturated heterocycles. The smallest absolute Gasteiger partial charge is 0.331 e. The summed E-state index contributed by atoms with van der Waals surface area (Å²) in [6.07, 6.45) is 1.98. The molecular formula is C14H16N2O3. The highest BCUT2D eigenvalue weighted by molar-refractivity contribution is 5.93. The van der Waals surface area contributed by atoms with Crippen molar-refractivity contribution in [2.75, 3.05) is 6.54 Å². The first-order valence-corrected chi connectivity index (χ1v) is 6.43. The van der Waals surface area contributed by atoms with Crippen LogP contribution in [0.5, 0.6) is 0 Å². The molecule has 1 aliphatic heterocycles. The monoisotopic (exact) mass is 260 g/mol. The van der Waals surface area contributed by atoms with Crippen LogP contribution in [0.3, 0.4) is 0 Å². The third kappa shape index (κ3) is 1.90. The molecule has 2 aliphatic rings. The minimum Gasteiger partial charge on any atom is -0.479 e. The number of carboxylic acids is 1. The van der Waals surface area contributed by atoms with Crippen molar-refractivity contribution in [3.8, 4) is 0 Å². The number of amides is 1. The van der Waals surface area contributed by atoms with Crippen LogP contribution in [0.25, 0.3) is 0 Å². The highest BCUT2D eigenvalue weighted by Crippen LogP contribution is 2.38. The summed E-state index contributed by atoms with van der Waals surface area (Å²) in [7, 11) is 0. The lowest BCUT2D eigenvalue weighted by atomic mass is 9.92. The number of rotatable bonds is 2. The van der Waals surface area contributed by atoms with E-state index in [1.165, 1.54) is 4.90 Å². The van der Waals surface area contributed by atoms with Crippen LogP contribution in [0.1, 0.15) is 30.0 Å². The molecule has 1 saturated carbocycles. The zero-order chi connectivity index (χ0) is 13.6. The number of carbonyl (C=O) groups is 2. The molecule has 1 amide bonds. The van der Waals surface area contributed by atoms with Gasteiger partial charge in [0.25, 0.3) is 0 Å². The summed E-state index contributed by atoms with van der Waals surface area (Å²) in [5.74, 6) is -1.22. The minimum absolute atomic E-state index is 0.227. The largest absolute Gasteiger partial charge is 0.479 e. The number of aliphatic carboxylic acids is 1. The van der Waals surface area contributed by atoms with Crippen LogP contribution < -0.4 is 5.73 Å². The molecule has 19 heavy (non-hydrogen) atoms. The molecule has 0 radical (unpaired) electrons. The standard InChI is InChI=1S/C14H16N2O3/c15-14(6-7-14)13(19)16-8-5-9-3-1-2-4-10(9)11(16)12(17)18/h1-4,11H,5-8,15H2,(H,17,18). The average Bonchev–Trinajstić information content (AvgIpc) is 3.15. The predicted octanol–water partition coefficient (Wildman–Crippen LogP) is 0.688. The molecule has 100 valence electrons. The molecule has 0 aromatic heterocycles. The first-order valence-electron chi connectivity index (χ1n) is 6.43. The van der Waals surface area contributed by atoms with E-state index in [9.17, 15) is 14.7 Å². The van der Waals surface area contributed by atoms with Gasteiger partial charge in [-0.05, 0) is 30.4 Å². The lowest BCUT2D eigenvalue weighted by Crippen LogP contribution is -2.51. The third-order valence-corrected chi connectivity index (χ3v) is 3.99. The van der Waals surface area contributed by atoms with Gasteiger partial charge in [0, 0.05) is 6.54 Å². The van der Waals surface area contributed by atoms with Gasteiger partial charge in [0.05, 0.1) is 5.54 Å². The van der Waals surface area contributed by atoms with Gasteiger partial charge in [0.15, 0.2) is 6.04 Å². The van der Waals surface area contributed by atoms with Crippen LogP contribution in [-0.2, 0) is 16.0 Å². The Bertz CT molecular complexity index is 551. The second-order valence-electron chi connectivity index (χ2n) is 5.34. The van der Waals surface area contributed by atoms with Crippen LogP contribution in [0.4, 0.5) is 0 Å². The normalized spacial score (nSPS) is 23.6. The van der Waals surface area contributed by atoms with Crippen molar-refractivity contribution in [1.29, 1.82) is 0 Å². The van der Waals surface area contributed by atoms with E-state index in [1.54, 1.807) is 12.1 Å². The molecular weight excluding hydrogens is 244 g/mol. The van der Waals surface area contributed by atoms with Crippen LogP contribution in [0.15, 0.2) is 24.3 Å². The maximum Gasteiger partial charge on any atom is 0.331 e. The van der Waals surface area contributed by atoms with E-state index in [-0.39, 0.29) is 5.91 Å². The van der Waals surface area contributed by atoms with Crippen molar-refractivity contribution in [3.63, 3.8) is 0 Å². The van der Waals surface area contributed by atoms with Crippen LogP contribution in [0.2, 0.25) is 0 Å². The summed E-state index contributed by atoms with van der Waals surface area (Å²) >= 11 is 0. The summed E-state index contributed by atoms with van der Waals surface area (Å²) in [6, 6.07) is 6.49. The van der Waals surface area contributed by atoms with Crippen molar-refractivity contribution in [2.24, 2.45) is 5.73 Å². The van der Waals surface area contributed by atoms with Gasteiger partial charge in [0.2, 0.25) is 5.91 Å². The van der Waals surface area contributed by atoms with E-state index >= 15 is 0 Å². The SMILES string of the molecule is NC1(C(=O)N2CCc3ccccc3C2C(=O)O)CC1. The van der Waals surface area contributed by atoms with Crippen LogP contribution >= 0.6 is 0 Å². The number of benzene rings is 1. The van der Waals surface area contributed by atoms with Crippen molar-refractivity contribution in [1.82, 2.24) is 4.90 Å². The number of nitrogens with two attached hydrogens (primary N) is 1. The quantitative estimate of drug-likeness (QED) is 0.819. The first kappa shape index (κ1) is 12.2. The number of carbonyl (C=O) groups excluding carboxylic acids is 1. The molecule has 1 heterocycles. The molecule has 3 rings (SSSR count). The summed E-state index contributed by atoms with van der Waals surface area (Å²) in [5, 5.41) is 9.46. The Labute approximate surface area is 111 Å². The van der Waals surface area contributed by atoms with Gasteiger partial charge in [-0.15, -0.1) is 0 Å². The summed E-state index contributed by atoms with van der Waals surface area (Å²) in [6.45, 7) is 0.422. The van der Waals surface area contributed by atoms with Gasteiger partial charge in [-0.3, -0.25) is 4.79 Å². The molecule has 1 atom stereocenters. The Morgan fingerprint density at radius 1 is 1.32 bits per heavy atom. The molecule has 0 bridgehead atoms. The maximum absolute atomic E-state index is 12.3. The fourth-order valence-corrected chi connectivity index (χ4v) is 2.69. The van der Waals surface area contributed by atoms with Gasteiger partial charge < -0.3 is 15.7 Å². The van der Waals surface area contributed by atoms with Crippen molar-refractivity contribution >= 4 is 11.9 Å². The van der Waals surface area contributed by atoms with E-state index in [2.05, 4.69) is 0 Å². The molecule has 1 aliphatic carbocycles. The van der Waals surface area contributed by atoms with E-state index in [0.29, 0.717) is 31.4 Å². The first-order chi connectivity index (χ1) is 9.03. The number of hydrogen-bond donors (Lipinski definition) is 2. The Hall–Kier alpha value is -1.88. The Kier molecular flexibility index (Phi) is 2.60. The van der Waals surface area contributed by atoms with Gasteiger partial charge in [0.1, 0.15) is 0 Å². The molecule has 0 spiro atoms. The van der Waals surface area contributed by atoms with E-state index in [0.717, 1.165) is 5.56 Å².